The topological polar surface area (TPSA) is 61.0 Å². The molecule has 0 radical (unpaired) electrons. The van der Waals surface area contributed by atoms with Crippen LogP contribution in [0.4, 0.5) is 19.0 Å². The number of ether oxygens (including phenoxy) is 1. The summed E-state index contributed by atoms with van der Waals surface area (Å²) in [6.07, 6.45) is -4.89. The lowest BCUT2D eigenvalue weighted by Gasteiger charge is -2.18. The first-order valence-electron chi connectivity index (χ1n) is 5.08. The molecule has 1 unspecified atom stereocenters. The van der Waals surface area contributed by atoms with Gasteiger partial charge in [-0.25, -0.2) is 4.98 Å². The molecule has 0 amide bonds. The minimum atomic E-state index is -4.63. The Morgan fingerprint density at radius 1 is 1.24 bits per heavy atom. The maximum Gasteiger partial charge on any atom is 0.451 e. The van der Waals surface area contributed by atoms with E-state index in [1.54, 1.807) is 6.92 Å². The molecule has 1 atom stereocenters. The molecule has 0 fully saturated rings. The van der Waals surface area contributed by atoms with Crippen molar-refractivity contribution in [1.29, 1.82) is 0 Å². The number of hydrogen-bond acceptors (Lipinski definition) is 4. The molecule has 0 saturated carbocycles. The van der Waals surface area contributed by atoms with Gasteiger partial charge in [-0.15, -0.1) is 0 Å². The van der Waals surface area contributed by atoms with E-state index >= 15 is 0 Å². The largest absolute Gasteiger partial charge is 0.474 e. The lowest BCUT2D eigenvalue weighted by molar-refractivity contribution is -0.145. The standard InChI is InChI=1S/C10H14F3N3O/c1-5(2)6(3)17-8-4-7(14)15-9(16-8)10(11,12)13/h4-6H,1-3H3,(H2,14,15,16). The highest BCUT2D eigenvalue weighted by atomic mass is 19.4. The SMILES string of the molecule is CC(C)C(C)Oc1cc(N)nc(C(F)(F)F)n1. The molecule has 0 saturated heterocycles. The van der Waals surface area contributed by atoms with Crippen LogP contribution in [0.2, 0.25) is 0 Å². The van der Waals surface area contributed by atoms with Crippen molar-refractivity contribution < 1.29 is 17.9 Å². The van der Waals surface area contributed by atoms with Crippen LogP contribution in [0.5, 0.6) is 5.88 Å². The Morgan fingerprint density at radius 3 is 2.29 bits per heavy atom. The number of halogens is 3. The number of anilines is 1. The van der Waals surface area contributed by atoms with Crippen molar-refractivity contribution in [2.45, 2.75) is 33.1 Å². The van der Waals surface area contributed by atoms with Gasteiger partial charge in [-0.1, -0.05) is 13.8 Å². The molecule has 17 heavy (non-hydrogen) atoms. The van der Waals surface area contributed by atoms with E-state index in [9.17, 15) is 13.2 Å². The number of alkyl halides is 3. The molecule has 7 heteroatoms. The van der Waals surface area contributed by atoms with Crippen LogP contribution in [0.25, 0.3) is 0 Å². The molecule has 0 aliphatic heterocycles. The van der Waals surface area contributed by atoms with E-state index in [-0.39, 0.29) is 23.7 Å². The van der Waals surface area contributed by atoms with Gasteiger partial charge in [-0.05, 0) is 12.8 Å². The zero-order valence-electron chi connectivity index (χ0n) is 9.75. The van der Waals surface area contributed by atoms with Gasteiger partial charge in [0.1, 0.15) is 5.82 Å². The number of nitrogens with zero attached hydrogens (tertiary/aromatic N) is 2. The lowest BCUT2D eigenvalue weighted by atomic mass is 10.1. The summed E-state index contributed by atoms with van der Waals surface area (Å²) in [6, 6.07) is 1.17. The Labute approximate surface area is 97.0 Å². The third-order valence-electron chi connectivity index (χ3n) is 2.22. The third kappa shape index (κ3) is 3.76. The van der Waals surface area contributed by atoms with Crippen LogP contribution in [0.15, 0.2) is 6.07 Å². The van der Waals surface area contributed by atoms with Crippen LogP contribution in [0.1, 0.15) is 26.6 Å². The molecule has 0 aliphatic rings. The van der Waals surface area contributed by atoms with Crippen LogP contribution in [-0.4, -0.2) is 16.1 Å². The average Bonchev–Trinajstić information content (AvgIpc) is 2.15. The summed E-state index contributed by atoms with van der Waals surface area (Å²) in [5.74, 6) is -1.56. The lowest BCUT2D eigenvalue weighted by Crippen LogP contribution is -2.21. The molecule has 1 rings (SSSR count). The number of aromatic nitrogens is 2. The van der Waals surface area contributed by atoms with Gasteiger partial charge in [0.15, 0.2) is 0 Å². The van der Waals surface area contributed by atoms with Crippen molar-refractivity contribution >= 4 is 5.82 Å². The van der Waals surface area contributed by atoms with Crippen molar-refractivity contribution in [2.24, 2.45) is 5.92 Å². The maximum atomic E-state index is 12.4. The van der Waals surface area contributed by atoms with Gasteiger partial charge in [0.25, 0.3) is 0 Å². The van der Waals surface area contributed by atoms with E-state index in [0.29, 0.717) is 0 Å². The maximum absolute atomic E-state index is 12.4. The van der Waals surface area contributed by atoms with Gasteiger partial charge in [0.2, 0.25) is 11.7 Å². The van der Waals surface area contributed by atoms with E-state index in [4.69, 9.17) is 10.5 Å². The fraction of sp³-hybridized carbons (Fsp3) is 0.600. The minimum absolute atomic E-state index is 0.153. The predicted octanol–water partition coefficient (Wildman–Crippen LogP) is 2.50. The normalized spacial score (nSPS) is 13.8. The molecular formula is C10H14F3N3O. The van der Waals surface area contributed by atoms with Crippen LogP contribution in [0.3, 0.4) is 0 Å². The zero-order valence-corrected chi connectivity index (χ0v) is 9.75. The van der Waals surface area contributed by atoms with E-state index in [0.717, 1.165) is 0 Å². The average molecular weight is 249 g/mol. The highest BCUT2D eigenvalue weighted by Gasteiger charge is 2.35. The van der Waals surface area contributed by atoms with Crippen molar-refractivity contribution in [2.75, 3.05) is 5.73 Å². The van der Waals surface area contributed by atoms with Crippen molar-refractivity contribution in [3.8, 4) is 5.88 Å². The van der Waals surface area contributed by atoms with Gasteiger partial charge in [0, 0.05) is 6.07 Å². The fourth-order valence-corrected chi connectivity index (χ4v) is 0.956. The fourth-order valence-electron chi connectivity index (χ4n) is 0.956. The molecule has 96 valence electrons. The molecule has 2 N–H and O–H groups in total. The molecule has 1 aromatic heterocycles. The summed E-state index contributed by atoms with van der Waals surface area (Å²) in [5.41, 5.74) is 5.28. The first-order valence-corrected chi connectivity index (χ1v) is 5.08. The minimum Gasteiger partial charge on any atom is -0.474 e. The second-order valence-corrected chi connectivity index (χ2v) is 4.02. The van der Waals surface area contributed by atoms with Gasteiger partial charge in [-0.3, -0.25) is 0 Å². The smallest absolute Gasteiger partial charge is 0.451 e. The van der Waals surface area contributed by atoms with Crippen molar-refractivity contribution in [1.82, 2.24) is 9.97 Å². The molecular weight excluding hydrogens is 235 g/mol. The third-order valence-corrected chi connectivity index (χ3v) is 2.22. The molecule has 0 aromatic carbocycles. The summed E-state index contributed by atoms with van der Waals surface area (Å²) < 4.78 is 42.5. The van der Waals surface area contributed by atoms with E-state index in [1.165, 1.54) is 6.07 Å². The van der Waals surface area contributed by atoms with Crippen LogP contribution in [-0.2, 0) is 6.18 Å². The summed E-state index contributed by atoms with van der Waals surface area (Å²) >= 11 is 0. The molecule has 4 nitrogen and oxygen atoms in total. The number of hydrogen-bond donors (Lipinski definition) is 1. The van der Waals surface area contributed by atoms with Crippen LogP contribution < -0.4 is 10.5 Å². The van der Waals surface area contributed by atoms with Crippen molar-refractivity contribution in [3.63, 3.8) is 0 Å². The van der Waals surface area contributed by atoms with Gasteiger partial charge in [0.05, 0.1) is 6.10 Å². The molecule has 0 aliphatic carbocycles. The highest BCUT2D eigenvalue weighted by molar-refractivity contribution is 5.33. The Kier molecular flexibility index (Phi) is 3.79. The molecule has 1 heterocycles. The van der Waals surface area contributed by atoms with Gasteiger partial charge < -0.3 is 10.5 Å². The first kappa shape index (κ1) is 13.5. The highest BCUT2D eigenvalue weighted by Crippen LogP contribution is 2.28. The Bertz CT molecular complexity index is 393. The Balaban J connectivity index is 2.98. The molecule has 1 aromatic rings. The summed E-state index contributed by atoms with van der Waals surface area (Å²) in [5, 5.41) is 0. The second-order valence-electron chi connectivity index (χ2n) is 4.02. The van der Waals surface area contributed by atoms with Crippen LogP contribution in [0, 0.1) is 5.92 Å². The van der Waals surface area contributed by atoms with E-state index in [2.05, 4.69) is 9.97 Å². The molecule has 0 spiro atoms. The Morgan fingerprint density at radius 2 is 1.82 bits per heavy atom. The number of rotatable bonds is 3. The summed E-state index contributed by atoms with van der Waals surface area (Å²) in [7, 11) is 0. The first-order chi connectivity index (χ1) is 7.70. The van der Waals surface area contributed by atoms with Gasteiger partial charge >= 0.3 is 6.18 Å². The summed E-state index contributed by atoms with van der Waals surface area (Å²) in [4.78, 5) is 6.41. The quantitative estimate of drug-likeness (QED) is 0.894. The predicted molar refractivity (Wildman–Crippen MR) is 56.4 cm³/mol. The number of nitrogens with two attached hydrogens (primary N) is 1. The monoisotopic (exact) mass is 249 g/mol. The van der Waals surface area contributed by atoms with E-state index < -0.39 is 12.0 Å². The number of nitrogen functional groups attached to an aromatic ring is 1. The van der Waals surface area contributed by atoms with Crippen molar-refractivity contribution in [3.05, 3.63) is 11.9 Å². The molecule has 0 bridgehead atoms. The Hall–Kier alpha value is -1.53. The summed E-state index contributed by atoms with van der Waals surface area (Å²) in [6.45, 7) is 5.52. The van der Waals surface area contributed by atoms with Crippen LogP contribution >= 0.6 is 0 Å². The van der Waals surface area contributed by atoms with E-state index in [1.807, 2.05) is 13.8 Å². The zero-order chi connectivity index (χ0) is 13.2. The van der Waals surface area contributed by atoms with Gasteiger partial charge in [-0.2, -0.15) is 18.2 Å². The second kappa shape index (κ2) is 4.77.